The maximum absolute atomic E-state index is 12.3. The summed E-state index contributed by atoms with van der Waals surface area (Å²) in [6.45, 7) is 8.06. The summed E-state index contributed by atoms with van der Waals surface area (Å²) in [6.07, 6.45) is 0.00929. The maximum Gasteiger partial charge on any atom is 0.338 e. The number of carbonyl (C=O) groups is 2. The molecule has 0 heterocycles. The fraction of sp³-hybridized carbons (Fsp3) is 0.333. The molecule has 2 aromatic rings. The van der Waals surface area contributed by atoms with E-state index < -0.39 is 12.1 Å². The van der Waals surface area contributed by atoms with E-state index in [1.165, 1.54) is 0 Å². The van der Waals surface area contributed by atoms with Gasteiger partial charge in [0.2, 0.25) is 0 Å². The van der Waals surface area contributed by atoms with E-state index in [4.69, 9.17) is 9.47 Å². The molecule has 26 heavy (non-hydrogen) atoms. The summed E-state index contributed by atoms with van der Waals surface area (Å²) in [5.74, 6) is -0.213. The molecule has 138 valence electrons. The molecule has 0 spiro atoms. The standard InChI is InChI=1S/C21H25NO4/c1-5-12-25-18-10-8-17(9-11-18)21(24)26-16(4)20(23)22-19-13-14(2)6-7-15(19)3/h6-11,13,16H,5,12H2,1-4H3,(H,22,23)/t16-/m1/s1. The molecule has 5 nitrogen and oxygen atoms in total. The molecular formula is C21H25NO4. The van der Waals surface area contributed by atoms with Crippen molar-refractivity contribution < 1.29 is 19.1 Å². The lowest BCUT2D eigenvalue weighted by Crippen LogP contribution is -2.30. The first-order valence-corrected chi connectivity index (χ1v) is 8.72. The van der Waals surface area contributed by atoms with Crippen LogP contribution >= 0.6 is 0 Å². The normalized spacial score (nSPS) is 11.5. The van der Waals surface area contributed by atoms with Gasteiger partial charge in [-0.05, 0) is 68.7 Å². The quantitative estimate of drug-likeness (QED) is 0.753. The van der Waals surface area contributed by atoms with E-state index in [2.05, 4.69) is 5.32 Å². The molecule has 0 fully saturated rings. The van der Waals surface area contributed by atoms with Crippen LogP contribution in [0.2, 0.25) is 0 Å². The zero-order chi connectivity index (χ0) is 19.1. The van der Waals surface area contributed by atoms with Gasteiger partial charge in [-0.1, -0.05) is 19.1 Å². The van der Waals surface area contributed by atoms with Gasteiger partial charge in [0.1, 0.15) is 5.75 Å². The van der Waals surface area contributed by atoms with Crippen molar-refractivity contribution in [3.05, 3.63) is 59.2 Å². The van der Waals surface area contributed by atoms with Crippen LogP contribution in [0.15, 0.2) is 42.5 Å². The number of amides is 1. The second kappa shape index (κ2) is 9.04. The Morgan fingerprint density at radius 1 is 1.08 bits per heavy atom. The highest BCUT2D eigenvalue weighted by Crippen LogP contribution is 2.18. The zero-order valence-corrected chi connectivity index (χ0v) is 15.7. The average Bonchev–Trinajstić information content (AvgIpc) is 2.63. The second-order valence-electron chi connectivity index (χ2n) is 6.23. The number of anilines is 1. The molecule has 0 bridgehead atoms. The number of ether oxygens (including phenoxy) is 2. The fourth-order valence-electron chi connectivity index (χ4n) is 2.29. The lowest BCUT2D eigenvalue weighted by Gasteiger charge is -2.15. The Morgan fingerprint density at radius 2 is 1.77 bits per heavy atom. The summed E-state index contributed by atoms with van der Waals surface area (Å²) in [5, 5.41) is 2.80. The molecule has 0 radical (unpaired) electrons. The van der Waals surface area contributed by atoms with E-state index >= 15 is 0 Å². The van der Waals surface area contributed by atoms with Crippen molar-refractivity contribution in [3.8, 4) is 5.75 Å². The zero-order valence-electron chi connectivity index (χ0n) is 15.7. The molecule has 0 aliphatic rings. The van der Waals surface area contributed by atoms with Crippen molar-refractivity contribution in [3.63, 3.8) is 0 Å². The van der Waals surface area contributed by atoms with E-state index in [1.807, 2.05) is 39.0 Å². The lowest BCUT2D eigenvalue weighted by molar-refractivity contribution is -0.123. The van der Waals surface area contributed by atoms with Gasteiger partial charge in [-0.25, -0.2) is 4.79 Å². The van der Waals surface area contributed by atoms with E-state index in [0.29, 0.717) is 17.9 Å². The Hall–Kier alpha value is -2.82. The van der Waals surface area contributed by atoms with E-state index in [9.17, 15) is 9.59 Å². The Bertz CT molecular complexity index is 768. The molecule has 0 unspecified atom stereocenters. The predicted molar refractivity (Wildman–Crippen MR) is 102 cm³/mol. The third kappa shape index (κ3) is 5.34. The smallest absolute Gasteiger partial charge is 0.338 e. The summed E-state index contributed by atoms with van der Waals surface area (Å²) in [5.41, 5.74) is 3.08. The SMILES string of the molecule is CCCOc1ccc(C(=O)O[C@H](C)C(=O)Nc2cc(C)ccc2C)cc1. The number of benzene rings is 2. The monoisotopic (exact) mass is 355 g/mol. The van der Waals surface area contributed by atoms with Gasteiger partial charge < -0.3 is 14.8 Å². The third-order valence-electron chi connectivity index (χ3n) is 3.87. The molecule has 5 heteroatoms. The molecular weight excluding hydrogens is 330 g/mol. The van der Waals surface area contributed by atoms with Crippen LogP contribution in [-0.4, -0.2) is 24.6 Å². The minimum absolute atomic E-state index is 0.366. The van der Waals surface area contributed by atoms with Crippen LogP contribution in [0.3, 0.4) is 0 Å². The summed E-state index contributed by atoms with van der Waals surface area (Å²) in [7, 11) is 0. The average molecular weight is 355 g/mol. The minimum Gasteiger partial charge on any atom is -0.494 e. The van der Waals surface area contributed by atoms with E-state index in [1.54, 1.807) is 31.2 Å². The highest BCUT2D eigenvalue weighted by molar-refractivity contribution is 5.97. The molecule has 0 aromatic heterocycles. The van der Waals surface area contributed by atoms with Crippen LogP contribution in [0.1, 0.15) is 41.8 Å². The molecule has 0 saturated carbocycles. The topological polar surface area (TPSA) is 64.6 Å². The summed E-state index contributed by atoms with van der Waals surface area (Å²) >= 11 is 0. The number of hydrogen-bond donors (Lipinski definition) is 1. The Kier molecular flexibility index (Phi) is 6.78. The maximum atomic E-state index is 12.3. The number of esters is 1. The molecule has 2 rings (SSSR count). The van der Waals surface area contributed by atoms with Crippen molar-refractivity contribution >= 4 is 17.6 Å². The van der Waals surface area contributed by atoms with Crippen molar-refractivity contribution in [2.75, 3.05) is 11.9 Å². The highest BCUT2D eigenvalue weighted by Gasteiger charge is 2.19. The molecule has 1 atom stereocenters. The summed E-state index contributed by atoms with van der Waals surface area (Å²) < 4.78 is 10.7. The molecule has 0 aliphatic carbocycles. The number of aryl methyl sites for hydroxylation is 2. The van der Waals surface area contributed by atoms with E-state index in [-0.39, 0.29) is 5.91 Å². The van der Waals surface area contributed by atoms with Crippen LogP contribution in [0.25, 0.3) is 0 Å². The van der Waals surface area contributed by atoms with E-state index in [0.717, 1.165) is 23.2 Å². The Morgan fingerprint density at radius 3 is 2.42 bits per heavy atom. The second-order valence-corrected chi connectivity index (χ2v) is 6.23. The van der Waals surface area contributed by atoms with Crippen LogP contribution in [0.4, 0.5) is 5.69 Å². The van der Waals surface area contributed by atoms with Gasteiger partial charge in [-0.2, -0.15) is 0 Å². The molecule has 0 saturated heterocycles. The number of rotatable bonds is 7. The van der Waals surface area contributed by atoms with Gasteiger partial charge in [0, 0.05) is 5.69 Å². The van der Waals surface area contributed by atoms with Crippen LogP contribution in [-0.2, 0) is 9.53 Å². The largest absolute Gasteiger partial charge is 0.494 e. The molecule has 2 aromatic carbocycles. The molecule has 1 N–H and O–H groups in total. The molecule has 1 amide bonds. The predicted octanol–water partition coefficient (Wildman–Crippen LogP) is 4.28. The summed E-state index contributed by atoms with van der Waals surface area (Å²) in [6, 6.07) is 12.5. The van der Waals surface area contributed by atoms with Crippen molar-refractivity contribution in [1.82, 2.24) is 0 Å². The van der Waals surface area contributed by atoms with Gasteiger partial charge in [0.25, 0.3) is 5.91 Å². The lowest BCUT2D eigenvalue weighted by atomic mass is 10.1. The van der Waals surface area contributed by atoms with Gasteiger partial charge in [-0.15, -0.1) is 0 Å². The van der Waals surface area contributed by atoms with Gasteiger partial charge in [-0.3, -0.25) is 4.79 Å². The van der Waals surface area contributed by atoms with Crippen molar-refractivity contribution in [2.45, 2.75) is 40.2 Å². The summed E-state index contributed by atoms with van der Waals surface area (Å²) in [4.78, 5) is 24.5. The number of carbonyl (C=O) groups excluding carboxylic acids is 2. The number of hydrogen-bond acceptors (Lipinski definition) is 4. The first-order valence-electron chi connectivity index (χ1n) is 8.72. The third-order valence-corrected chi connectivity index (χ3v) is 3.87. The van der Waals surface area contributed by atoms with Gasteiger partial charge >= 0.3 is 5.97 Å². The highest BCUT2D eigenvalue weighted by atomic mass is 16.5. The van der Waals surface area contributed by atoms with Gasteiger partial charge in [0.15, 0.2) is 6.10 Å². The number of nitrogens with one attached hydrogen (secondary N) is 1. The molecule has 0 aliphatic heterocycles. The Labute approximate surface area is 154 Å². The minimum atomic E-state index is -0.904. The van der Waals surface area contributed by atoms with Crippen LogP contribution in [0.5, 0.6) is 5.75 Å². The Balaban J connectivity index is 1.95. The van der Waals surface area contributed by atoms with Crippen LogP contribution < -0.4 is 10.1 Å². The fourth-order valence-corrected chi connectivity index (χ4v) is 2.29. The van der Waals surface area contributed by atoms with Crippen molar-refractivity contribution in [2.24, 2.45) is 0 Å². The van der Waals surface area contributed by atoms with Crippen LogP contribution in [0, 0.1) is 13.8 Å². The van der Waals surface area contributed by atoms with Crippen molar-refractivity contribution in [1.29, 1.82) is 0 Å². The first-order chi connectivity index (χ1) is 12.4. The van der Waals surface area contributed by atoms with Gasteiger partial charge in [0.05, 0.1) is 12.2 Å². The first kappa shape index (κ1) is 19.5.